The number of aliphatic hydroxyl groups is 1. The first kappa shape index (κ1) is 26.4. The molecule has 0 amide bonds. The van der Waals surface area contributed by atoms with Crippen LogP contribution in [0, 0.1) is 0 Å². The average Bonchev–Trinajstić information content (AvgIpc) is 3.66. The number of β-amino-alcohol motifs (C(OH)–C–C–N with tert-alkyl or cyclic N) is 1. The zero-order valence-corrected chi connectivity index (χ0v) is 23.6. The van der Waals surface area contributed by atoms with E-state index < -0.39 is 11.6 Å². The summed E-state index contributed by atoms with van der Waals surface area (Å²) in [5.41, 5.74) is 2.80. The highest BCUT2D eigenvalue weighted by Gasteiger charge is 2.43. The van der Waals surface area contributed by atoms with Gasteiger partial charge in [0.05, 0.1) is 45.1 Å². The number of nitrogens with zero attached hydrogens (tertiary/aromatic N) is 2. The topological polar surface area (TPSA) is 82.9 Å². The first-order valence-electron chi connectivity index (χ1n) is 12.4. The number of hydrogen-bond acceptors (Lipinski definition) is 6. The number of carbonyl (C=O) groups is 1. The SMILES string of the molecule is O=C(O)c1cccc(C2(O)CN(c3ccc(OCc4c(-c5c(Cl)cccc5Cl)nsc4C4CC4)cc3Cl)C2)c1. The molecule has 1 saturated carbocycles. The van der Waals surface area contributed by atoms with Gasteiger partial charge in [0.2, 0.25) is 0 Å². The number of anilines is 1. The molecule has 0 spiro atoms. The second-order valence-corrected chi connectivity index (χ2v) is 11.9. The van der Waals surface area contributed by atoms with Crippen LogP contribution in [0.5, 0.6) is 5.75 Å². The molecule has 10 heteroatoms. The van der Waals surface area contributed by atoms with Gasteiger partial charge in [0.25, 0.3) is 0 Å². The van der Waals surface area contributed by atoms with Gasteiger partial charge in [0, 0.05) is 22.1 Å². The van der Waals surface area contributed by atoms with Crippen LogP contribution in [0.4, 0.5) is 5.69 Å². The van der Waals surface area contributed by atoms with Gasteiger partial charge in [-0.2, -0.15) is 4.37 Å². The fourth-order valence-electron chi connectivity index (χ4n) is 4.92. The average molecular weight is 602 g/mol. The Morgan fingerprint density at radius 1 is 1.03 bits per heavy atom. The van der Waals surface area contributed by atoms with E-state index in [-0.39, 0.29) is 5.56 Å². The maximum Gasteiger partial charge on any atom is 0.335 e. The molecule has 0 atom stereocenters. The van der Waals surface area contributed by atoms with Crippen LogP contribution < -0.4 is 9.64 Å². The summed E-state index contributed by atoms with van der Waals surface area (Å²) >= 11 is 21.1. The lowest BCUT2D eigenvalue weighted by Crippen LogP contribution is -2.59. The highest BCUT2D eigenvalue weighted by Crippen LogP contribution is 2.48. The molecule has 2 heterocycles. The maximum atomic E-state index is 11.3. The van der Waals surface area contributed by atoms with Gasteiger partial charge in [-0.15, -0.1) is 0 Å². The Labute approximate surface area is 244 Å². The molecule has 1 aliphatic heterocycles. The van der Waals surface area contributed by atoms with E-state index >= 15 is 0 Å². The van der Waals surface area contributed by atoms with Crippen LogP contribution in [0.1, 0.15) is 45.1 Å². The van der Waals surface area contributed by atoms with E-state index in [9.17, 15) is 15.0 Å². The van der Waals surface area contributed by atoms with Gasteiger partial charge in [-0.1, -0.05) is 53.0 Å². The minimum atomic E-state index is -1.15. The highest BCUT2D eigenvalue weighted by molar-refractivity contribution is 7.06. The molecule has 0 unspecified atom stereocenters. The molecule has 1 aromatic heterocycles. The quantitative estimate of drug-likeness (QED) is 0.216. The Bertz CT molecular complexity index is 1560. The number of ether oxygens (including phenoxy) is 1. The lowest BCUT2D eigenvalue weighted by molar-refractivity contribution is 0.00749. The molecule has 6 rings (SSSR count). The van der Waals surface area contributed by atoms with Crippen LogP contribution in [0.2, 0.25) is 15.1 Å². The Morgan fingerprint density at radius 3 is 2.41 bits per heavy atom. The molecule has 0 bridgehead atoms. The molecule has 2 aliphatic rings. The summed E-state index contributed by atoms with van der Waals surface area (Å²) in [6.45, 7) is 0.894. The van der Waals surface area contributed by atoms with E-state index in [1.807, 2.05) is 35.2 Å². The van der Waals surface area contributed by atoms with Crippen molar-refractivity contribution in [2.45, 2.75) is 31.0 Å². The number of carboxylic acid groups (broad SMARTS) is 1. The number of carboxylic acids is 1. The zero-order valence-electron chi connectivity index (χ0n) is 20.5. The van der Waals surface area contributed by atoms with Gasteiger partial charge >= 0.3 is 5.97 Å². The number of halogens is 3. The van der Waals surface area contributed by atoms with E-state index in [0.717, 1.165) is 35.3 Å². The van der Waals surface area contributed by atoms with Crippen molar-refractivity contribution < 1.29 is 19.7 Å². The van der Waals surface area contributed by atoms with Crippen molar-refractivity contribution in [1.82, 2.24) is 4.37 Å². The summed E-state index contributed by atoms with van der Waals surface area (Å²) in [5, 5.41) is 21.9. The van der Waals surface area contributed by atoms with E-state index in [2.05, 4.69) is 0 Å². The molecule has 1 saturated heterocycles. The van der Waals surface area contributed by atoms with Crippen molar-refractivity contribution in [3.05, 3.63) is 97.3 Å². The summed E-state index contributed by atoms with van der Waals surface area (Å²) in [4.78, 5) is 14.5. The van der Waals surface area contributed by atoms with Crippen LogP contribution >= 0.6 is 46.3 Å². The maximum absolute atomic E-state index is 11.3. The monoisotopic (exact) mass is 600 g/mol. The van der Waals surface area contributed by atoms with E-state index in [4.69, 9.17) is 43.9 Å². The van der Waals surface area contributed by atoms with E-state index in [1.165, 1.54) is 28.5 Å². The molecule has 1 aliphatic carbocycles. The highest BCUT2D eigenvalue weighted by atomic mass is 35.5. The zero-order chi connectivity index (χ0) is 27.3. The van der Waals surface area contributed by atoms with E-state index in [0.29, 0.717) is 52.0 Å². The minimum Gasteiger partial charge on any atom is -0.489 e. The molecular weight excluding hydrogens is 579 g/mol. The third kappa shape index (κ3) is 5.10. The molecular formula is C29H23Cl3N2O4S. The van der Waals surface area contributed by atoms with Gasteiger partial charge in [-0.05, 0) is 72.3 Å². The van der Waals surface area contributed by atoms with Gasteiger partial charge in [-0.25, -0.2) is 4.79 Å². The lowest BCUT2D eigenvalue weighted by Gasteiger charge is -2.48. The first-order chi connectivity index (χ1) is 18.7. The van der Waals surface area contributed by atoms with Crippen LogP contribution in [0.3, 0.4) is 0 Å². The second-order valence-electron chi connectivity index (χ2n) is 9.92. The lowest BCUT2D eigenvalue weighted by atomic mass is 9.85. The third-order valence-electron chi connectivity index (χ3n) is 7.16. The summed E-state index contributed by atoms with van der Waals surface area (Å²) in [7, 11) is 0. The van der Waals surface area contributed by atoms with Gasteiger partial charge in [0.1, 0.15) is 18.0 Å². The predicted octanol–water partition coefficient (Wildman–Crippen LogP) is 7.63. The standard InChI is InChI=1S/C29H23Cl3N2O4S/c30-21-5-2-6-22(31)25(21)26-20(27(39-33-26)16-7-8-16)13-38-19-9-10-24(23(32)12-19)34-14-29(37,15-34)18-4-1-3-17(11-18)28(35)36/h1-6,9-12,16,37H,7-8,13-15H2,(H,35,36). The van der Waals surface area contributed by atoms with Crippen molar-refractivity contribution in [2.75, 3.05) is 18.0 Å². The number of rotatable bonds is 8. The van der Waals surface area contributed by atoms with Crippen molar-refractivity contribution in [3.63, 3.8) is 0 Å². The first-order valence-corrected chi connectivity index (χ1v) is 14.3. The summed E-state index contributed by atoms with van der Waals surface area (Å²) < 4.78 is 10.9. The van der Waals surface area contributed by atoms with Crippen LogP contribution in [0.15, 0.2) is 60.7 Å². The summed E-state index contributed by atoms with van der Waals surface area (Å²) in [6.07, 6.45) is 2.27. The van der Waals surface area contributed by atoms with Crippen molar-refractivity contribution >= 4 is 58.0 Å². The number of hydrogen-bond donors (Lipinski definition) is 2. The molecule has 2 N–H and O–H groups in total. The summed E-state index contributed by atoms with van der Waals surface area (Å²) in [6, 6.07) is 17.3. The van der Waals surface area contributed by atoms with Crippen LogP contribution in [-0.4, -0.2) is 33.6 Å². The van der Waals surface area contributed by atoms with Crippen molar-refractivity contribution in [3.8, 4) is 17.0 Å². The smallest absolute Gasteiger partial charge is 0.335 e. The molecule has 39 heavy (non-hydrogen) atoms. The molecule has 0 radical (unpaired) electrons. The normalized spacial score (nSPS) is 16.2. The summed E-state index contributed by atoms with van der Waals surface area (Å²) in [5.74, 6) is 0.0705. The Hall–Kier alpha value is -2.81. The second kappa shape index (κ2) is 10.3. The van der Waals surface area contributed by atoms with Gasteiger partial charge in [0.15, 0.2) is 0 Å². The Morgan fingerprint density at radius 2 is 1.74 bits per heavy atom. The number of aromatic carboxylic acids is 1. The molecule has 3 aromatic carbocycles. The fourth-order valence-corrected chi connectivity index (χ4v) is 6.83. The Kier molecular flexibility index (Phi) is 6.98. The molecule has 6 nitrogen and oxygen atoms in total. The van der Waals surface area contributed by atoms with Gasteiger partial charge < -0.3 is 19.8 Å². The van der Waals surface area contributed by atoms with Crippen molar-refractivity contribution in [2.24, 2.45) is 0 Å². The van der Waals surface area contributed by atoms with Crippen LogP contribution in [0.25, 0.3) is 11.3 Å². The largest absolute Gasteiger partial charge is 0.489 e. The van der Waals surface area contributed by atoms with Gasteiger partial charge in [-0.3, -0.25) is 0 Å². The number of aromatic nitrogens is 1. The third-order valence-corrected chi connectivity index (χ3v) is 9.14. The van der Waals surface area contributed by atoms with Crippen molar-refractivity contribution in [1.29, 1.82) is 0 Å². The minimum absolute atomic E-state index is 0.143. The van der Waals surface area contributed by atoms with E-state index in [1.54, 1.807) is 18.2 Å². The molecule has 2 fully saturated rings. The fraction of sp³-hybridized carbons (Fsp3) is 0.241. The molecule has 4 aromatic rings. The molecule has 200 valence electrons. The van der Waals surface area contributed by atoms with Crippen LogP contribution in [-0.2, 0) is 12.2 Å². The number of benzene rings is 3. The predicted molar refractivity (Wildman–Crippen MR) is 155 cm³/mol. The Balaban J connectivity index is 1.18.